The molecule has 2 nitrogen and oxygen atoms in total. The molecule has 1 aromatic carbocycles. The van der Waals surface area contributed by atoms with Crippen LogP contribution in [-0.2, 0) is 12.0 Å². The number of aromatic nitrogens is 1. The first-order valence-electron chi connectivity index (χ1n) is 6.32. The Hall–Kier alpha value is -0.870. The van der Waals surface area contributed by atoms with Gasteiger partial charge < -0.3 is 5.32 Å². The average molecular weight is 339 g/mol. The molecule has 1 N–H and O–H groups in total. The van der Waals surface area contributed by atoms with Crippen molar-refractivity contribution in [3.63, 3.8) is 0 Å². The summed E-state index contributed by atoms with van der Waals surface area (Å²) in [4.78, 5) is 5.78. The van der Waals surface area contributed by atoms with Crippen molar-refractivity contribution in [2.45, 2.75) is 39.7 Å². The summed E-state index contributed by atoms with van der Waals surface area (Å²) in [5, 5.41) is 4.67. The molecule has 0 atom stereocenters. The molecule has 102 valence electrons. The van der Waals surface area contributed by atoms with Gasteiger partial charge in [-0.3, -0.25) is 0 Å². The van der Waals surface area contributed by atoms with Crippen molar-refractivity contribution in [2.24, 2.45) is 0 Å². The molecule has 0 saturated carbocycles. The zero-order chi connectivity index (χ0) is 14.0. The molecule has 0 unspecified atom stereocenters. The van der Waals surface area contributed by atoms with Crippen LogP contribution in [0.2, 0.25) is 0 Å². The van der Waals surface area contributed by atoms with Crippen LogP contribution in [0.25, 0.3) is 0 Å². The molecule has 0 aliphatic heterocycles. The second kappa shape index (κ2) is 5.63. The standard InChI is InChI=1S/C15H19BrN2S/c1-10-12(16)6-5-7-13(10)17-8-11-9-18-14(19-11)15(2,3)4/h5-7,9,17H,8H2,1-4H3. The number of halogens is 1. The van der Waals surface area contributed by atoms with Crippen molar-refractivity contribution >= 4 is 33.0 Å². The normalized spacial score (nSPS) is 11.6. The highest BCUT2D eigenvalue weighted by Crippen LogP contribution is 2.28. The van der Waals surface area contributed by atoms with Gasteiger partial charge in [-0.2, -0.15) is 0 Å². The number of thiazole rings is 1. The minimum Gasteiger partial charge on any atom is -0.380 e. The van der Waals surface area contributed by atoms with Crippen molar-refractivity contribution < 1.29 is 0 Å². The van der Waals surface area contributed by atoms with Crippen molar-refractivity contribution in [3.8, 4) is 0 Å². The van der Waals surface area contributed by atoms with E-state index in [2.05, 4.69) is 66.1 Å². The molecule has 0 radical (unpaired) electrons. The largest absolute Gasteiger partial charge is 0.380 e. The Morgan fingerprint density at radius 1 is 1.32 bits per heavy atom. The molecule has 1 aromatic heterocycles. The summed E-state index contributed by atoms with van der Waals surface area (Å²) in [5.41, 5.74) is 2.54. The first-order valence-corrected chi connectivity index (χ1v) is 7.93. The molecule has 19 heavy (non-hydrogen) atoms. The van der Waals surface area contributed by atoms with E-state index in [1.807, 2.05) is 12.3 Å². The topological polar surface area (TPSA) is 24.9 Å². The molecule has 0 aliphatic carbocycles. The summed E-state index contributed by atoms with van der Waals surface area (Å²) in [6.07, 6.45) is 1.98. The molecule has 1 heterocycles. The minimum atomic E-state index is 0.134. The van der Waals surface area contributed by atoms with Crippen molar-refractivity contribution in [1.82, 2.24) is 4.98 Å². The third-order valence-corrected chi connectivity index (χ3v) is 5.20. The number of hydrogen-bond acceptors (Lipinski definition) is 3. The summed E-state index contributed by atoms with van der Waals surface area (Å²) >= 11 is 5.34. The number of anilines is 1. The van der Waals surface area contributed by atoms with Gasteiger partial charge in [0, 0.05) is 26.6 Å². The highest BCUT2D eigenvalue weighted by atomic mass is 79.9. The van der Waals surface area contributed by atoms with E-state index in [9.17, 15) is 0 Å². The lowest BCUT2D eigenvalue weighted by Crippen LogP contribution is -2.09. The van der Waals surface area contributed by atoms with Gasteiger partial charge in [-0.1, -0.05) is 42.8 Å². The smallest absolute Gasteiger partial charge is 0.0981 e. The van der Waals surface area contributed by atoms with Crippen LogP contribution in [0.1, 0.15) is 36.2 Å². The predicted molar refractivity (Wildman–Crippen MR) is 87.0 cm³/mol. The van der Waals surface area contributed by atoms with Gasteiger partial charge in [-0.25, -0.2) is 4.98 Å². The molecular weight excluding hydrogens is 320 g/mol. The van der Waals surface area contributed by atoms with Crippen molar-refractivity contribution in [1.29, 1.82) is 0 Å². The van der Waals surface area contributed by atoms with E-state index in [-0.39, 0.29) is 5.41 Å². The molecule has 0 bridgehead atoms. The van der Waals surface area contributed by atoms with Crippen LogP contribution in [0.15, 0.2) is 28.9 Å². The number of nitrogens with zero attached hydrogens (tertiary/aromatic N) is 1. The maximum atomic E-state index is 4.51. The van der Waals surface area contributed by atoms with E-state index in [1.165, 1.54) is 21.1 Å². The zero-order valence-electron chi connectivity index (χ0n) is 11.7. The summed E-state index contributed by atoms with van der Waals surface area (Å²) in [7, 11) is 0. The Bertz CT molecular complexity index is 570. The molecular formula is C15H19BrN2S. The fraction of sp³-hybridized carbons (Fsp3) is 0.400. The number of hydrogen-bond donors (Lipinski definition) is 1. The van der Waals surface area contributed by atoms with Crippen LogP contribution in [0.4, 0.5) is 5.69 Å². The van der Waals surface area contributed by atoms with Crippen LogP contribution in [0.3, 0.4) is 0 Å². The maximum Gasteiger partial charge on any atom is 0.0981 e. The first-order chi connectivity index (χ1) is 8.88. The van der Waals surface area contributed by atoms with Crippen molar-refractivity contribution in [3.05, 3.63) is 44.3 Å². The highest BCUT2D eigenvalue weighted by molar-refractivity contribution is 9.10. The SMILES string of the molecule is Cc1c(Br)cccc1NCc1cnc(C(C)(C)C)s1. The van der Waals surface area contributed by atoms with Crippen LogP contribution in [0.5, 0.6) is 0 Å². The quantitative estimate of drug-likeness (QED) is 0.839. The second-order valence-electron chi connectivity index (χ2n) is 5.65. The third kappa shape index (κ3) is 3.57. The molecule has 0 spiro atoms. The third-order valence-electron chi connectivity index (χ3n) is 2.92. The zero-order valence-corrected chi connectivity index (χ0v) is 14.2. The van der Waals surface area contributed by atoms with Gasteiger partial charge in [-0.15, -0.1) is 11.3 Å². The Kier molecular flexibility index (Phi) is 4.31. The highest BCUT2D eigenvalue weighted by Gasteiger charge is 2.17. The predicted octanol–water partition coefficient (Wildman–Crippen LogP) is 5.12. The molecule has 0 fully saturated rings. The molecule has 0 saturated heterocycles. The molecule has 4 heteroatoms. The monoisotopic (exact) mass is 338 g/mol. The lowest BCUT2D eigenvalue weighted by Gasteiger charge is -2.13. The summed E-state index contributed by atoms with van der Waals surface area (Å²) in [6.45, 7) is 9.52. The second-order valence-corrected chi connectivity index (χ2v) is 7.62. The molecule has 0 aliphatic rings. The molecule has 2 aromatic rings. The van der Waals surface area contributed by atoms with E-state index >= 15 is 0 Å². The Morgan fingerprint density at radius 2 is 2.05 bits per heavy atom. The summed E-state index contributed by atoms with van der Waals surface area (Å²) in [6, 6.07) is 6.21. The van der Waals surface area contributed by atoms with Crippen molar-refractivity contribution in [2.75, 3.05) is 5.32 Å². The van der Waals surface area contributed by atoms with Crippen LogP contribution >= 0.6 is 27.3 Å². The summed E-state index contributed by atoms with van der Waals surface area (Å²) < 4.78 is 1.14. The van der Waals surface area contributed by atoms with Crippen LogP contribution in [0, 0.1) is 6.92 Å². The van der Waals surface area contributed by atoms with Crippen LogP contribution in [-0.4, -0.2) is 4.98 Å². The minimum absolute atomic E-state index is 0.134. The van der Waals surface area contributed by atoms with Gasteiger partial charge in [0.25, 0.3) is 0 Å². The Labute approximate surface area is 127 Å². The van der Waals surface area contributed by atoms with Gasteiger partial charge in [0.05, 0.1) is 11.6 Å². The fourth-order valence-electron chi connectivity index (χ4n) is 1.72. The fourth-order valence-corrected chi connectivity index (χ4v) is 2.99. The summed E-state index contributed by atoms with van der Waals surface area (Å²) in [5.74, 6) is 0. The van der Waals surface area contributed by atoms with Crippen LogP contribution < -0.4 is 5.32 Å². The molecule has 2 rings (SSSR count). The number of rotatable bonds is 3. The van der Waals surface area contributed by atoms with E-state index in [0.29, 0.717) is 0 Å². The van der Waals surface area contributed by atoms with Gasteiger partial charge in [-0.05, 0) is 24.6 Å². The number of nitrogens with one attached hydrogen (secondary N) is 1. The Morgan fingerprint density at radius 3 is 2.68 bits per heavy atom. The van der Waals surface area contributed by atoms with Gasteiger partial charge >= 0.3 is 0 Å². The number of benzene rings is 1. The Balaban J connectivity index is 2.07. The van der Waals surface area contributed by atoms with E-state index < -0.39 is 0 Å². The molecule has 0 amide bonds. The van der Waals surface area contributed by atoms with Gasteiger partial charge in [0.1, 0.15) is 0 Å². The van der Waals surface area contributed by atoms with Gasteiger partial charge in [0.15, 0.2) is 0 Å². The maximum absolute atomic E-state index is 4.51. The van der Waals surface area contributed by atoms with E-state index in [0.717, 1.165) is 11.0 Å². The first kappa shape index (κ1) is 14.5. The average Bonchev–Trinajstić information content (AvgIpc) is 2.79. The van der Waals surface area contributed by atoms with Gasteiger partial charge in [0.2, 0.25) is 0 Å². The van der Waals surface area contributed by atoms with E-state index in [1.54, 1.807) is 11.3 Å². The van der Waals surface area contributed by atoms with E-state index in [4.69, 9.17) is 0 Å². The lowest BCUT2D eigenvalue weighted by atomic mass is 9.98. The lowest BCUT2D eigenvalue weighted by molar-refractivity contribution is 0.585.